The van der Waals surface area contributed by atoms with Gasteiger partial charge in [0, 0.05) is 49.4 Å². The van der Waals surface area contributed by atoms with E-state index in [4.69, 9.17) is 27.1 Å². The van der Waals surface area contributed by atoms with Crippen molar-refractivity contribution in [1.29, 1.82) is 0 Å². The van der Waals surface area contributed by atoms with Crippen molar-refractivity contribution in [3.8, 4) is 17.3 Å². The van der Waals surface area contributed by atoms with Crippen LogP contribution in [0.2, 0.25) is 5.02 Å². The number of carbonyl (C=O) groups is 1. The minimum atomic E-state index is 0.00624. The van der Waals surface area contributed by atoms with Gasteiger partial charge in [0.05, 0.1) is 23.3 Å². The van der Waals surface area contributed by atoms with E-state index in [0.717, 1.165) is 59.5 Å². The molecule has 0 radical (unpaired) electrons. The van der Waals surface area contributed by atoms with Gasteiger partial charge in [-0.25, -0.2) is 9.97 Å². The number of halogens is 1. The van der Waals surface area contributed by atoms with Gasteiger partial charge >= 0.3 is 0 Å². The number of carbonyl (C=O) groups excluding carboxylic acids is 1. The minimum Gasteiger partial charge on any atom is -0.494 e. The number of piperidine rings is 1. The fourth-order valence-corrected chi connectivity index (χ4v) is 6.48. The standard InChI is InChI=1S/C27H29ClN6O2/c1-32-24-19(8-17(10-22(24)36-2)27(35)34-13-15-5-6-20(34)23(15)29)31-26(32)21-9-16-7-18(28)11-30-25(16)33(21)12-14-3-4-14/h7-11,14-15,20,23H,3-6,12-13,29H2,1-2H3/t15-,20-,23-/m1/s1. The molecule has 3 fully saturated rings. The molecule has 2 aliphatic carbocycles. The van der Waals surface area contributed by atoms with Crippen LogP contribution in [0.5, 0.6) is 5.75 Å². The van der Waals surface area contributed by atoms with Gasteiger partial charge in [0.1, 0.15) is 16.9 Å². The first-order valence-electron chi connectivity index (χ1n) is 12.7. The van der Waals surface area contributed by atoms with Crippen molar-refractivity contribution in [3.63, 3.8) is 0 Å². The quantitative estimate of drug-likeness (QED) is 0.439. The molecule has 1 aliphatic heterocycles. The Bertz CT molecular complexity index is 1540. The average Bonchev–Trinajstić information content (AvgIpc) is 3.28. The summed E-state index contributed by atoms with van der Waals surface area (Å²) < 4.78 is 10.1. The Labute approximate surface area is 214 Å². The maximum atomic E-state index is 13.5. The summed E-state index contributed by atoms with van der Waals surface area (Å²) in [6, 6.07) is 8.00. The zero-order valence-corrected chi connectivity index (χ0v) is 21.2. The molecule has 2 N–H and O–H groups in total. The zero-order valence-electron chi connectivity index (χ0n) is 20.4. The van der Waals surface area contributed by atoms with E-state index in [0.29, 0.717) is 28.2 Å². The zero-order chi connectivity index (χ0) is 24.7. The molecule has 1 amide bonds. The molecule has 9 heteroatoms. The van der Waals surface area contributed by atoms with Crippen LogP contribution < -0.4 is 10.5 Å². The van der Waals surface area contributed by atoms with E-state index in [1.807, 2.05) is 30.1 Å². The molecule has 4 heterocycles. The molecule has 4 aromatic rings. The molecule has 3 atom stereocenters. The Morgan fingerprint density at radius 3 is 2.72 bits per heavy atom. The predicted octanol–water partition coefficient (Wildman–Crippen LogP) is 4.22. The van der Waals surface area contributed by atoms with Crippen molar-refractivity contribution in [2.24, 2.45) is 24.6 Å². The fourth-order valence-electron chi connectivity index (χ4n) is 6.31. The van der Waals surface area contributed by atoms with Crippen LogP contribution in [0.25, 0.3) is 33.6 Å². The van der Waals surface area contributed by atoms with Crippen LogP contribution in [0.3, 0.4) is 0 Å². The summed E-state index contributed by atoms with van der Waals surface area (Å²) in [4.78, 5) is 25.2. The summed E-state index contributed by atoms with van der Waals surface area (Å²) in [6.45, 7) is 1.63. The molecule has 8 nitrogen and oxygen atoms in total. The summed E-state index contributed by atoms with van der Waals surface area (Å²) in [5.74, 6) is 2.52. The Balaban J connectivity index is 1.35. The second kappa shape index (κ2) is 7.95. The highest BCUT2D eigenvalue weighted by atomic mass is 35.5. The normalized spacial score (nSPS) is 23.3. The summed E-state index contributed by atoms with van der Waals surface area (Å²) in [7, 11) is 3.63. The van der Waals surface area contributed by atoms with Gasteiger partial charge < -0.3 is 24.5 Å². The lowest BCUT2D eigenvalue weighted by molar-refractivity contribution is 0.0700. The van der Waals surface area contributed by atoms with Crippen LogP contribution in [-0.4, -0.2) is 55.6 Å². The van der Waals surface area contributed by atoms with Gasteiger partial charge in [-0.1, -0.05) is 11.6 Å². The number of rotatable bonds is 5. The molecule has 36 heavy (non-hydrogen) atoms. The molecule has 2 bridgehead atoms. The maximum Gasteiger partial charge on any atom is 0.254 e. The molecule has 7 rings (SSSR count). The molecule has 0 unspecified atom stereocenters. The molecular weight excluding hydrogens is 476 g/mol. The summed E-state index contributed by atoms with van der Waals surface area (Å²) in [5.41, 5.74) is 10.5. The SMILES string of the molecule is COc1cc(C(=O)N2C[C@H]3CC[C@@H]2[C@@H]3N)cc2nc(-c3cc4cc(Cl)cnc4n3CC3CC3)n(C)c12. The first-order chi connectivity index (χ1) is 17.4. The van der Waals surface area contributed by atoms with Crippen molar-refractivity contribution in [1.82, 2.24) is 24.0 Å². The number of methoxy groups -OCH3 is 1. The smallest absolute Gasteiger partial charge is 0.254 e. The Hall–Kier alpha value is -3.10. The number of nitrogens with zero attached hydrogens (tertiary/aromatic N) is 5. The maximum absolute atomic E-state index is 13.5. The number of imidazole rings is 1. The number of ether oxygens (including phenoxy) is 1. The largest absolute Gasteiger partial charge is 0.494 e. The number of nitrogens with two attached hydrogens (primary N) is 1. The van der Waals surface area contributed by atoms with E-state index in [9.17, 15) is 4.79 Å². The summed E-state index contributed by atoms with van der Waals surface area (Å²) in [6.07, 6.45) is 6.25. The van der Waals surface area contributed by atoms with Gasteiger partial charge in [0.15, 0.2) is 5.82 Å². The summed E-state index contributed by atoms with van der Waals surface area (Å²) >= 11 is 6.26. The molecule has 2 saturated carbocycles. The number of hydrogen-bond donors (Lipinski definition) is 1. The van der Waals surface area contributed by atoms with E-state index in [-0.39, 0.29) is 18.0 Å². The van der Waals surface area contributed by atoms with Crippen LogP contribution in [0.1, 0.15) is 36.0 Å². The number of pyridine rings is 1. The highest BCUT2D eigenvalue weighted by Gasteiger charge is 2.47. The average molecular weight is 505 g/mol. The van der Waals surface area contributed by atoms with Gasteiger partial charge in [-0.05, 0) is 61.8 Å². The Morgan fingerprint density at radius 2 is 2.03 bits per heavy atom. The monoisotopic (exact) mass is 504 g/mol. The first kappa shape index (κ1) is 22.1. The lowest BCUT2D eigenvalue weighted by Crippen LogP contribution is -2.41. The lowest BCUT2D eigenvalue weighted by atomic mass is 10.1. The van der Waals surface area contributed by atoms with E-state index >= 15 is 0 Å². The van der Waals surface area contributed by atoms with Crippen LogP contribution in [0.4, 0.5) is 0 Å². The van der Waals surface area contributed by atoms with Crippen molar-refractivity contribution in [2.45, 2.75) is 44.3 Å². The van der Waals surface area contributed by atoms with E-state index < -0.39 is 0 Å². The molecule has 186 valence electrons. The van der Waals surface area contributed by atoms with Crippen LogP contribution in [-0.2, 0) is 13.6 Å². The van der Waals surface area contributed by atoms with Gasteiger partial charge in [-0.15, -0.1) is 0 Å². The lowest BCUT2D eigenvalue weighted by Gasteiger charge is -2.27. The summed E-state index contributed by atoms with van der Waals surface area (Å²) in [5, 5.41) is 1.61. The molecule has 1 aromatic carbocycles. The second-order valence-electron chi connectivity index (χ2n) is 10.6. The third-order valence-electron chi connectivity index (χ3n) is 8.38. The van der Waals surface area contributed by atoms with E-state index in [1.165, 1.54) is 12.8 Å². The molecular formula is C27H29ClN6O2. The second-order valence-corrected chi connectivity index (χ2v) is 11.1. The van der Waals surface area contributed by atoms with Gasteiger partial charge in [0.25, 0.3) is 5.91 Å². The first-order valence-corrected chi connectivity index (χ1v) is 13.1. The van der Waals surface area contributed by atoms with Crippen molar-refractivity contribution in [3.05, 3.63) is 41.0 Å². The van der Waals surface area contributed by atoms with Crippen LogP contribution in [0.15, 0.2) is 30.5 Å². The van der Waals surface area contributed by atoms with Gasteiger partial charge in [-0.2, -0.15) is 0 Å². The molecule has 0 spiro atoms. The highest BCUT2D eigenvalue weighted by molar-refractivity contribution is 6.31. The molecule has 3 aromatic heterocycles. The third kappa shape index (κ3) is 3.27. The Morgan fingerprint density at radius 1 is 1.19 bits per heavy atom. The van der Waals surface area contributed by atoms with Crippen LogP contribution in [0, 0.1) is 11.8 Å². The van der Waals surface area contributed by atoms with Crippen molar-refractivity contribution < 1.29 is 9.53 Å². The number of hydrogen-bond acceptors (Lipinski definition) is 5. The van der Waals surface area contributed by atoms with E-state index in [1.54, 1.807) is 13.3 Å². The van der Waals surface area contributed by atoms with Crippen molar-refractivity contribution in [2.75, 3.05) is 13.7 Å². The number of amides is 1. The van der Waals surface area contributed by atoms with Gasteiger partial charge in [0.2, 0.25) is 0 Å². The number of benzene rings is 1. The third-order valence-corrected chi connectivity index (χ3v) is 8.59. The van der Waals surface area contributed by atoms with Gasteiger partial charge in [-0.3, -0.25) is 4.79 Å². The fraction of sp³-hybridized carbons (Fsp3) is 0.444. The highest BCUT2D eigenvalue weighted by Crippen LogP contribution is 2.40. The number of aryl methyl sites for hydroxylation is 1. The van der Waals surface area contributed by atoms with Crippen LogP contribution >= 0.6 is 11.6 Å². The molecule has 3 aliphatic rings. The minimum absolute atomic E-state index is 0.00624. The molecule has 1 saturated heterocycles. The topological polar surface area (TPSA) is 91.2 Å². The van der Waals surface area contributed by atoms with Crippen molar-refractivity contribution >= 4 is 39.6 Å². The van der Waals surface area contributed by atoms with E-state index in [2.05, 4.69) is 20.2 Å². The number of likely N-dealkylation sites (tertiary alicyclic amines) is 1. The number of aromatic nitrogens is 4. The predicted molar refractivity (Wildman–Crippen MR) is 139 cm³/mol. The Kier molecular flexibility index (Phi) is 4.89. The number of fused-ring (bicyclic) bond motifs is 4.